The van der Waals surface area contributed by atoms with Crippen molar-refractivity contribution in [3.8, 4) is 0 Å². The van der Waals surface area contributed by atoms with Gasteiger partial charge in [-0.05, 0) is 18.9 Å². The van der Waals surface area contributed by atoms with Gasteiger partial charge in [-0.15, -0.1) is 0 Å². The van der Waals surface area contributed by atoms with E-state index in [9.17, 15) is 13.2 Å². The molecular weight excluding hydrogens is 216 g/mol. The molecule has 0 bridgehead atoms. The van der Waals surface area contributed by atoms with Crippen molar-refractivity contribution >= 4 is 15.7 Å². The van der Waals surface area contributed by atoms with Crippen LogP contribution >= 0.6 is 0 Å². The van der Waals surface area contributed by atoms with Gasteiger partial charge in [-0.2, -0.15) is 0 Å². The first-order valence-electron chi connectivity index (χ1n) is 5.09. The van der Waals surface area contributed by atoms with Crippen LogP contribution in [0.5, 0.6) is 0 Å². The molecule has 15 heavy (non-hydrogen) atoms. The van der Waals surface area contributed by atoms with Crippen LogP contribution in [0.1, 0.15) is 13.3 Å². The van der Waals surface area contributed by atoms with Crippen LogP contribution < -0.4 is 10.6 Å². The normalized spacial score (nSPS) is 26.5. The topological polar surface area (TPSA) is 75.3 Å². The average molecular weight is 234 g/mol. The number of sulfone groups is 1. The molecule has 1 amide bonds. The van der Waals surface area contributed by atoms with Crippen LogP contribution in [0.15, 0.2) is 0 Å². The second-order valence-corrected chi connectivity index (χ2v) is 6.38. The van der Waals surface area contributed by atoms with E-state index in [0.29, 0.717) is 5.92 Å². The molecule has 0 aromatic rings. The molecule has 1 heterocycles. The summed E-state index contributed by atoms with van der Waals surface area (Å²) in [5.41, 5.74) is 0. The smallest absolute Gasteiger partial charge is 0.237 e. The van der Waals surface area contributed by atoms with E-state index in [1.165, 1.54) is 0 Å². The number of nitrogens with one attached hydrogen (secondary N) is 2. The van der Waals surface area contributed by atoms with Gasteiger partial charge in [0, 0.05) is 12.8 Å². The third-order valence-corrected chi connectivity index (χ3v) is 3.53. The Labute approximate surface area is 90.5 Å². The van der Waals surface area contributed by atoms with E-state index in [4.69, 9.17) is 0 Å². The lowest BCUT2D eigenvalue weighted by molar-refractivity contribution is -0.123. The molecule has 0 aliphatic carbocycles. The zero-order chi connectivity index (χ0) is 11.5. The first-order chi connectivity index (χ1) is 6.90. The van der Waals surface area contributed by atoms with Crippen LogP contribution in [0.25, 0.3) is 0 Å². The molecule has 1 aliphatic rings. The molecular formula is C9H18N2O3S. The summed E-state index contributed by atoms with van der Waals surface area (Å²) < 4.78 is 21.7. The van der Waals surface area contributed by atoms with E-state index in [1.54, 1.807) is 0 Å². The van der Waals surface area contributed by atoms with E-state index in [1.807, 2.05) is 6.92 Å². The monoisotopic (exact) mass is 234 g/mol. The first-order valence-corrected chi connectivity index (χ1v) is 7.15. The summed E-state index contributed by atoms with van der Waals surface area (Å²) in [7, 11) is -2.99. The molecule has 5 nitrogen and oxygen atoms in total. The summed E-state index contributed by atoms with van der Waals surface area (Å²) in [5, 5.41) is 5.72. The Kier molecular flexibility index (Phi) is 4.10. The highest BCUT2D eigenvalue weighted by molar-refractivity contribution is 7.90. The Balaban J connectivity index is 2.30. The van der Waals surface area contributed by atoms with Gasteiger partial charge in [0.25, 0.3) is 0 Å². The van der Waals surface area contributed by atoms with Gasteiger partial charge in [0.05, 0.1) is 11.8 Å². The highest BCUT2D eigenvalue weighted by Gasteiger charge is 2.28. The van der Waals surface area contributed by atoms with Gasteiger partial charge >= 0.3 is 0 Å². The maximum atomic E-state index is 11.6. The molecule has 0 spiro atoms. The van der Waals surface area contributed by atoms with E-state index >= 15 is 0 Å². The van der Waals surface area contributed by atoms with Crippen molar-refractivity contribution in [2.45, 2.75) is 19.4 Å². The molecule has 0 aromatic carbocycles. The summed E-state index contributed by atoms with van der Waals surface area (Å²) in [5.74, 6) is 0.228. The van der Waals surface area contributed by atoms with Crippen molar-refractivity contribution < 1.29 is 13.2 Å². The van der Waals surface area contributed by atoms with Crippen LogP contribution in [0, 0.1) is 5.92 Å². The van der Waals surface area contributed by atoms with Crippen molar-refractivity contribution in [2.24, 2.45) is 5.92 Å². The van der Waals surface area contributed by atoms with Gasteiger partial charge in [0.15, 0.2) is 0 Å². The van der Waals surface area contributed by atoms with E-state index < -0.39 is 9.84 Å². The maximum absolute atomic E-state index is 11.6. The molecule has 0 saturated carbocycles. The fourth-order valence-corrected chi connectivity index (χ4v) is 2.13. The van der Waals surface area contributed by atoms with Crippen molar-refractivity contribution in [3.63, 3.8) is 0 Å². The van der Waals surface area contributed by atoms with E-state index in [0.717, 1.165) is 19.2 Å². The predicted octanol–water partition coefficient (Wildman–Crippen LogP) is -0.855. The molecule has 2 unspecified atom stereocenters. The largest absolute Gasteiger partial charge is 0.354 e. The fraction of sp³-hybridized carbons (Fsp3) is 0.889. The average Bonchev–Trinajstić information content (AvgIpc) is 2.48. The number of amides is 1. The lowest BCUT2D eigenvalue weighted by atomic mass is 10.0. The molecule has 1 saturated heterocycles. The Morgan fingerprint density at radius 3 is 2.67 bits per heavy atom. The third-order valence-electron chi connectivity index (χ3n) is 2.59. The molecule has 0 aromatic heterocycles. The fourth-order valence-electron chi connectivity index (χ4n) is 1.66. The Morgan fingerprint density at radius 1 is 1.53 bits per heavy atom. The summed E-state index contributed by atoms with van der Waals surface area (Å²) in [4.78, 5) is 11.6. The summed E-state index contributed by atoms with van der Waals surface area (Å²) in [6.07, 6.45) is 2.15. The van der Waals surface area contributed by atoms with Crippen molar-refractivity contribution in [3.05, 3.63) is 0 Å². The van der Waals surface area contributed by atoms with Gasteiger partial charge in [-0.1, -0.05) is 6.92 Å². The zero-order valence-corrected chi connectivity index (χ0v) is 9.93. The standard InChI is InChI=1S/C9H18N2O3S/c1-7-3-4-10-8(7)9(12)11-5-6-15(2,13)14/h7-8,10H,3-6H2,1-2H3,(H,11,12). The number of carbonyl (C=O) groups is 1. The lowest BCUT2D eigenvalue weighted by Gasteiger charge is -2.14. The maximum Gasteiger partial charge on any atom is 0.237 e. The minimum atomic E-state index is -2.99. The number of rotatable bonds is 4. The van der Waals surface area contributed by atoms with Gasteiger partial charge < -0.3 is 10.6 Å². The van der Waals surface area contributed by atoms with E-state index in [-0.39, 0.29) is 24.2 Å². The second kappa shape index (κ2) is 4.94. The molecule has 2 N–H and O–H groups in total. The second-order valence-electron chi connectivity index (χ2n) is 4.12. The SMILES string of the molecule is CC1CCNC1C(=O)NCCS(C)(=O)=O. The molecule has 1 rings (SSSR count). The van der Waals surface area contributed by atoms with Crippen LogP contribution in [0.3, 0.4) is 0 Å². The molecule has 2 atom stereocenters. The number of hydrogen-bond donors (Lipinski definition) is 2. The Morgan fingerprint density at radius 2 is 2.20 bits per heavy atom. The van der Waals surface area contributed by atoms with Crippen LogP contribution in [-0.2, 0) is 14.6 Å². The van der Waals surface area contributed by atoms with E-state index in [2.05, 4.69) is 10.6 Å². The minimum absolute atomic E-state index is 0.000158. The molecule has 1 aliphatic heterocycles. The van der Waals surface area contributed by atoms with Gasteiger partial charge in [0.1, 0.15) is 9.84 Å². The minimum Gasteiger partial charge on any atom is -0.354 e. The van der Waals surface area contributed by atoms with Gasteiger partial charge in [-0.25, -0.2) is 8.42 Å². The highest BCUT2D eigenvalue weighted by Crippen LogP contribution is 2.13. The molecule has 88 valence electrons. The predicted molar refractivity (Wildman–Crippen MR) is 58.3 cm³/mol. The summed E-state index contributed by atoms with van der Waals surface area (Å²) in [6.45, 7) is 3.06. The van der Waals surface area contributed by atoms with Gasteiger partial charge in [0.2, 0.25) is 5.91 Å². The molecule has 6 heteroatoms. The van der Waals surface area contributed by atoms with Crippen molar-refractivity contribution in [1.29, 1.82) is 0 Å². The van der Waals surface area contributed by atoms with Crippen LogP contribution in [0.4, 0.5) is 0 Å². The first kappa shape index (κ1) is 12.4. The summed E-state index contributed by atoms with van der Waals surface area (Å²) in [6, 6.07) is -0.162. The Hall–Kier alpha value is -0.620. The highest BCUT2D eigenvalue weighted by atomic mass is 32.2. The lowest BCUT2D eigenvalue weighted by Crippen LogP contribution is -2.44. The number of carbonyl (C=O) groups excluding carboxylic acids is 1. The zero-order valence-electron chi connectivity index (χ0n) is 9.12. The van der Waals surface area contributed by atoms with Gasteiger partial charge in [-0.3, -0.25) is 4.79 Å². The molecule has 0 radical (unpaired) electrons. The quantitative estimate of drug-likeness (QED) is 0.664. The van der Waals surface area contributed by atoms with Crippen LogP contribution in [-0.4, -0.2) is 45.5 Å². The van der Waals surface area contributed by atoms with Crippen molar-refractivity contribution in [2.75, 3.05) is 25.1 Å². The molecule has 1 fully saturated rings. The third kappa shape index (κ3) is 4.17. The van der Waals surface area contributed by atoms with Crippen molar-refractivity contribution in [1.82, 2.24) is 10.6 Å². The number of hydrogen-bond acceptors (Lipinski definition) is 4. The Bertz CT molecular complexity index is 326. The summed E-state index contributed by atoms with van der Waals surface area (Å²) >= 11 is 0. The van der Waals surface area contributed by atoms with Crippen LogP contribution in [0.2, 0.25) is 0 Å².